The Morgan fingerprint density at radius 1 is 1.06 bits per heavy atom. The minimum absolute atomic E-state index is 0.683. The first-order chi connectivity index (χ1) is 8.78. The lowest BCUT2D eigenvalue weighted by Gasteiger charge is -2.05. The first kappa shape index (κ1) is 12.4. The third kappa shape index (κ3) is 3.45. The number of hydrogen-bond donors (Lipinski definition) is 2. The van der Waals surface area contributed by atoms with Crippen molar-refractivity contribution in [3.05, 3.63) is 47.8 Å². The zero-order valence-electron chi connectivity index (χ0n) is 10.6. The molecular formula is C14H18N4. The number of aryl methyl sites for hydroxylation is 1. The van der Waals surface area contributed by atoms with Gasteiger partial charge in [-0.2, -0.15) is 0 Å². The number of nitrogens with two attached hydrogens (primary N) is 1. The van der Waals surface area contributed by atoms with Crippen molar-refractivity contribution < 1.29 is 0 Å². The van der Waals surface area contributed by atoms with Crippen LogP contribution in [0.5, 0.6) is 0 Å². The minimum atomic E-state index is 0.683. The van der Waals surface area contributed by atoms with Gasteiger partial charge in [-0.1, -0.05) is 19.1 Å². The Labute approximate surface area is 107 Å². The molecule has 0 saturated heterocycles. The van der Waals surface area contributed by atoms with Gasteiger partial charge in [0.05, 0.1) is 0 Å². The highest BCUT2D eigenvalue weighted by molar-refractivity contribution is 5.39. The van der Waals surface area contributed by atoms with E-state index >= 15 is 0 Å². The zero-order chi connectivity index (χ0) is 12.8. The van der Waals surface area contributed by atoms with Crippen LogP contribution in [0.15, 0.2) is 36.7 Å². The van der Waals surface area contributed by atoms with Gasteiger partial charge >= 0.3 is 0 Å². The van der Waals surface area contributed by atoms with Gasteiger partial charge in [0.25, 0.3) is 0 Å². The third-order valence-corrected chi connectivity index (χ3v) is 2.79. The van der Waals surface area contributed by atoms with Crippen LogP contribution >= 0.6 is 0 Å². The molecule has 94 valence electrons. The van der Waals surface area contributed by atoms with Crippen LogP contribution in [0.1, 0.15) is 18.1 Å². The number of anilines is 2. The topological polar surface area (TPSA) is 63.8 Å². The summed E-state index contributed by atoms with van der Waals surface area (Å²) in [6.45, 7) is 2.91. The minimum Gasteiger partial charge on any atom is -0.399 e. The average molecular weight is 242 g/mol. The molecule has 1 heterocycles. The van der Waals surface area contributed by atoms with Crippen LogP contribution in [0.4, 0.5) is 11.6 Å². The van der Waals surface area contributed by atoms with Crippen LogP contribution in [-0.2, 0) is 12.8 Å². The second-order valence-electron chi connectivity index (χ2n) is 4.19. The second-order valence-corrected chi connectivity index (χ2v) is 4.19. The third-order valence-electron chi connectivity index (χ3n) is 2.79. The summed E-state index contributed by atoms with van der Waals surface area (Å²) in [7, 11) is 0. The molecule has 4 nitrogen and oxygen atoms in total. The van der Waals surface area contributed by atoms with Crippen LogP contribution < -0.4 is 11.1 Å². The molecule has 4 heteroatoms. The quantitative estimate of drug-likeness (QED) is 0.789. The molecule has 1 aromatic heterocycles. The summed E-state index contributed by atoms with van der Waals surface area (Å²) in [6.07, 6.45) is 5.61. The summed E-state index contributed by atoms with van der Waals surface area (Å²) >= 11 is 0. The average Bonchev–Trinajstić information content (AvgIpc) is 2.42. The van der Waals surface area contributed by atoms with Gasteiger partial charge in [-0.15, -0.1) is 0 Å². The van der Waals surface area contributed by atoms with E-state index in [4.69, 9.17) is 5.73 Å². The van der Waals surface area contributed by atoms with Crippen molar-refractivity contribution in [1.29, 1.82) is 0 Å². The van der Waals surface area contributed by atoms with E-state index in [1.807, 2.05) is 36.7 Å². The lowest BCUT2D eigenvalue weighted by molar-refractivity contribution is 0.969. The summed E-state index contributed by atoms with van der Waals surface area (Å²) in [6, 6.07) is 7.92. The van der Waals surface area contributed by atoms with E-state index in [0.29, 0.717) is 5.95 Å². The molecule has 3 N–H and O–H groups in total. The summed E-state index contributed by atoms with van der Waals surface area (Å²) in [5, 5.41) is 3.21. The van der Waals surface area contributed by atoms with Crippen molar-refractivity contribution in [3.63, 3.8) is 0 Å². The molecule has 0 aliphatic heterocycles. The Hall–Kier alpha value is -2.10. The molecule has 0 unspecified atom stereocenters. The van der Waals surface area contributed by atoms with Gasteiger partial charge in [-0.25, -0.2) is 9.97 Å². The molecule has 0 radical (unpaired) electrons. The van der Waals surface area contributed by atoms with Crippen molar-refractivity contribution in [1.82, 2.24) is 9.97 Å². The SMILES string of the molecule is CCc1cnc(NCCc2ccc(N)cc2)nc1. The fraction of sp³-hybridized carbons (Fsp3) is 0.286. The smallest absolute Gasteiger partial charge is 0.222 e. The van der Waals surface area contributed by atoms with Gasteiger partial charge < -0.3 is 11.1 Å². The number of nitrogens with one attached hydrogen (secondary N) is 1. The molecule has 0 fully saturated rings. The molecule has 0 spiro atoms. The number of nitrogens with zero attached hydrogens (tertiary/aromatic N) is 2. The van der Waals surface area contributed by atoms with Gasteiger partial charge in [0.15, 0.2) is 0 Å². The highest BCUT2D eigenvalue weighted by atomic mass is 15.1. The molecule has 18 heavy (non-hydrogen) atoms. The fourth-order valence-corrected chi connectivity index (χ4v) is 1.63. The van der Waals surface area contributed by atoms with Crippen LogP contribution in [0, 0.1) is 0 Å². The fourth-order valence-electron chi connectivity index (χ4n) is 1.63. The van der Waals surface area contributed by atoms with Crippen molar-refractivity contribution in [2.24, 2.45) is 0 Å². The maximum absolute atomic E-state index is 5.64. The van der Waals surface area contributed by atoms with Crippen LogP contribution in [0.25, 0.3) is 0 Å². The molecule has 0 saturated carbocycles. The van der Waals surface area contributed by atoms with E-state index in [0.717, 1.165) is 30.6 Å². The number of rotatable bonds is 5. The summed E-state index contributed by atoms with van der Waals surface area (Å²) in [5.41, 5.74) is 8.84. The second kappa shape index (κ2) is 6.00. The normalized spacial score (nSPS) is 10.3. The number of aromatic nitrogens is 2. The van der Waals surface area contributed by atoms with Crippen LogP contribution in [-0.4, -0.2) is 16.5 Å². The van der Waals surface area contributed by atoms with Crippen LogP contribution in [0.3, 0.4) is 0 Å². The van der Waals surface area contributed by atoms with E-state index in [1.165, 1.54) is 5.56 Å². The zero-order valence-corrected chi connectivity index (χ0v) is 10.6. The van der Waals surface area contributed by atoms with E-state index in [2.05, 4.69) is 22.2 Å². The number of benzene rings is 1. The Bertz CT molecular complexity index is 476. The van der Waals surface area contributed by atoms with Gasteiger partial charge in [-0.05, 0) is 36.1 Å². The predicted octanol–water partition coefficient (Wildman–Crippen LogP) is 2.28. The lowest BCUT2D eigenvalue weighted by atomic mass is 10.1. The molecule has 0 amide bonds. The van der Waals surface area contributed by atoms with Crippen molar-refractivity contribution in [2.45, 2.75) is 19.8 Å². The highest BCUT2D eigenvalue weighted by Crippen LogP contribution is 2.06. The predicted molar refractivity (Wildman–Crippen MR) is 74.5 cm³/mol. The molecule has 0 aliphatic rings. The number of nitrogen functional groups attached to an aromatic ring is 1. The molecular weight excluding hydrogens is 224 g/mol. The van der Waals surface area contributed by atoms with Crippen molar-refractivity contribution in [3.8, 4) is 0 Å². The van der Waals surface area contributed by atoms with Crippen molar-refractivity contribution in [2.75, 3.05) is 17.6 Å². The molecule has 1 aromatic carbocycles. The Morgan fingerprint density at radius 3 is 2.33 bits per heavy atom. The summed E-state index contributed by atoms with van der Waals surface area (Å²) < 4.78 is 0. The Kier molecular flexibility index (Phi) is 4.12. The highest BCUT2D eigenvalue weighted by Gasteiger charge is 1.97. The lowest BCUT2D eigenvalue weighted by Crippen LogP contribution is -2.08. The summed E-state index contributed by atoms with van der Waals surface area (Å²) in [5.74, 6) is 0.683. The molecule has 0 atom stereocenters. The summed E-state index contributed by atoms with van der Waals surface area (Å²) in [4.78, 5) is 8.51. The van der Waals surface area contributed by atoms with E-state index in [-0.39, 0.29) is 0 Å². The molecule has 0 bridgehead atoms. The van der Waals surface area contributed by atoms with Gasteiger partial charge in [-0.3, -0.25) is 0 Å². The van der Waals surface area contributed by atoms with Gasteiger partial charge in [0.2, 0.25) is 5.95 Å². The largest absolute Gasteiger partial charge is 0.399 e. The maximum atomic E-state index is 5.64. The molecule has 2 rings (SSSR count). The van der Waals surface area contributed by atoms with Gasteiger partial charge in [0, 0.05) is 24.6 Å². The first-order valence-electron chi connectivity index (χ1n) is 6.17. The molecule has 2 aromatic rings. The first-order valence-corrected chi connectivity index (χ1v) is 6.17. The monoisotopic (exact) mass is 242 g/mol. The standard InChI is InChI=1S/C14H18N4/c1-2-11-9-17-14(18-10-11)16-8-7-12-3-5-13(15)6-4-12/h3-6,9-10H,2,7-8,15H2,1H3,(H,16,17,18). The molecule has 0 aliphatic carbocycles. The van der Waals surface area contributed by atoms with Crippen LogP contribution in [0.2, 0.25) is 0 Å². The van der Waals surface area contributed by atoms with Gasteiger partial charge in [0.1, 0.15) is 0 Å². The van der Waals surface area contributed by atoms with Crippen molar-refractivity contribution >= 4 is 11.6 Å². The van der Waals surface area contributed by atoms with E-state index in [9.17, 15) is 0 Å². The Balaban J connectivity index is 1.82. The van der Waals surface area contributed by atoms with E-state index in [1.54, 1.807) is 0 Å². The number of hydrogen-bond acceptors (Lipinski definition) is 4. The van der Waals surface area contributed by atoms with E-state index < -0.39 is 0 Å². The Morgan fingerprint density at radius 2 is 1.72 bits per heavy atom. The maximum Gasteiger partial charge on any atom is 0.222 e.